The van der Waals surface area contributed by atoms with Crippen molar-refractivity contribution in [3.63, 3.8) is 0 Å². The molecule has 1 amide bonds. The van der Waals surface area contributed by atoms with Crippen molar-refractivity contribution in [2.75, 3.05) is 26.3 Å². The predicted octanol–water partition coefficient (Wildman–Crippen LogP) is 5.12. The fourth-order valence-corrected chi connectivity index (χ4v) is 3.43. The van der Waals surface area contributed by atoms with Gasteiger partial charge in [-0.05, 0) is 30.2 Å². The molecule has 3 rings (SSSR count). The Bertz CT molecular complexity index is 750. The van der Waals surface area contributed by atoms with Crippen molar-refractivity contribution in [1.29, 1.82) is 0 Å². The minimum atomic E-state index is -0.108. The summed E-state index contributed by atoms with van der Waals surface area (Å²) < 4.78 is 11.6. The van der Waals surface area contributed by atoms with Gasteiger partial charge in [-0.1, -0.05) is 61.7 Å². The molecule has 0 saturated carbocycles. The minimum absolute atomic E-state index is 0.0678. The van der Waals surface area contributed by atoms with Gasteiger partial charge >= 0.3 is 0 Å². The number of carbonyl (C=O) groups excluding carboxylic acids is 1. The fraction of sp³-hybridized carbons (Fsp3) is 0.409. The zero-order valence-electron chi connectivity index (χ0n) is 15.7. The highest BCUT2D eigenvalue weighted by Crippen LogP contribution is 2.27. The highest BCUT2D eigenvalue weighted by molar-refractivity contribution is 6.34. The van der Waals surface area contributed by atoms with Gasteiger partial charge in [-0.2, -0.15) is 0 Å². The lowest BCUT2D eigenvalue weighted by atomic mass is 10.1. The van der Waals surface area contributed by atoms with Crippen LogP contribution in [-0.2, 0) is 4.74 Å². The lowest BCUT2D eigenvalue weighted by Gasteiger charge is -2.33. The van der Waals surface area contributed by atoms with E-state index in [4.69, 9.17) is 21.1 Å². The molecule has 2 aromatic rings. The lowest BCUT2D eigenvalue weighted by molar-refractivity contribution is -0.0228. The van der Waals surface area contributed by atoms with Crippen molar-refractivity contribution in [2.24, 2.45) is 0 Å². The Kier molecular flexibility index (Phi) is 7.13. The van der Waals surface area contributed by atoms with Crippen LogP contribution in [0.5, 0.6) is 5.75 Å². The van der Waals surface area contributed by atoms with Crippen LogP contribution in [0.15, 0.2) is 48.5 Å². The first-order valence-corrected chi connectivity index (χ1v) is 9.95. The molecular weight excluding hydrogens is 362 g/mol. The Morgan fingerprint density at radius 2 is 2.04 bits per heavy atom. The summed E-state index contributed by atoms with van der Waals surface area (Å²) >= 11 is 6.38. The van der Waals surface area contributed by atoms with Crippen LogP contribution >= 0.6 is 11.6 Å². The van der Waals surface area contributed by atoms with Crippen molar-refractivity contribution in [3.8, 4) is 5.75 Å². The monoisotopic (exact) mass is 387 g/mol. The highest BCUT2D eigenvalue weighted by Gasteiger charge is 2.27. The summed E-state index contributed by atoms with van der Waals surface area (Å²) in [7, 11) is 0. The first kappa shape index (κ1) is 19.7. The number of amides is 1. The molecule has 0 N–H and O–H groups in total. The van der Waals surface area contributed by atoms with Gasteiger partial charge in [0.25, 0.3) is 5.91 Å². The van der Waals surface area contributed by atoms with Crippen molar-refractivity contribution >= 4 is 17.5 Å². The number of nitrogens with zero attached hydrogens (tertiary/aromatic N) is 1. The van der Waals surface area contributed by atoms with Crippen LogP contribution in [0, 0.1) is 0 Å². The summed E-state index contributed by atoms with van der Waals surface area (Å²) in [6.07, 6.45) is 3.21. The molecule has 1 heterocycles. The van der Waals surface area contributed by atoms with E-state index in [2.05, 4.69) is 6.92 Å². The third-order valence-corrected chi connectivity index (χ3v) is 5.03. The van der Waals surface area contributed by atoms with E-state index in [-0.39, 0.29) is 12.0 Å². The van der Waals surface area contributed by atoms with E-state index in [0.717, 1.165) is 24.8 Å². The van der Waals surface area contributed by atoms with Gasteiger partial charge in [0.05, 0.1) is 30.3 Å². The van der Waals surface area contributed by atoms with Gasteiger partial charge < -0.3 is 14.4 Å². The van der Waals surface area contributed by atoms with Gasteiger partial charge in [-0.15, -0.1) is 0 Å². The number of benzene rings is 2. The zero-order chi connectivity index (χ0) is 19.1. The van der Waals surface area contributed by atoms with Crippen LogP contribution < -0.4 is 4.74 Å². The van der Waals surface area contributed by atoms with Crippen molar-refractivity contribution in [2.45, 2.75) is 32.3 Å². The number of halogens is 1. The first-order chi connectivity index (χ1) is 13.2. The minimum Gasteiger partial charge on any atom is -0.494 e. The molecule has 0 radical (unpaired) electrons. The second kappa shape index (κ2) is 9.77. The van der Waals surface area contributed by atoms with Crippen LogP contribution in [0.2, 0.25) is 5.02 Å². The average molecular weight is 388 g/mol. The van der Waals surface area contributed by atoms with E-state index < -0.39 is 0 Å². The Morgan fingerprint density at radius 3 is 2.78 bits per heavy atom. The van der Waals surface area contributed by atoms with Gasteiger partial charge in [0, 0.05) is 6.54 Å². The van der Waals surface area contributed by atoms with Crippen LogP contribution in [0.25, 0.3) is 0 Å². The maximum Gasteiger partial charge on any atom is 0.255 e. The molecule has 5 heteroatoms. The number of hydrogen-bond acceptors (Lipinski definition) is 3. The highest BCUT2D eigenvalue weighted by atomic mass is 35.5. The van der Waals surface area contributed by atoms with E-state index in [1.165, 1.54) is 0 Å². The number of morpholine rings is 1. The normalized spacial score (nSPS) is 17.0. The zero-order valence-corrected chi connectivity index (χ0v) is 16.5. The largest absolute Gasteiger partial charge is 0.494 e. The van der Waals surface area contributed by atoms with E-state index in [1.807, 2.05) is 41.3 Å². The van der Waals surface area contributed by atoms with Gasteiger partial charge in [-0.3, -0.25) is 4.79 Å². The number of ether oxygens (including phenoxy) is 2. The van der Waals surface area contributed by atoms with Crippen LogP contribution in [0.1, 0.15) is 48.2 Å². The molecule has 1 aliphatic heterocycles. The summed E-state index contributed by atoms with van der Waals surface area (Å²) in [6, 6.07) is 15.3. The molecule has 1 fully saturated rings. The molecule has 144 valence electrons. The predicted molar refractivity (Wildman–Crippen MR) is 108 cm³/mol. The van der Waals surface area contributed by atoms with Crippen LogP contribution in [0.3, 0.4) is 0 Å². The van der Waals surface area contributed by atoms with E-state index in [0.29, 0.717) is 42.6 Å². The fourth-order valence-electron chi connectivity index (χ4n) is 3.17. The third kappa shape index (κ3) is 5.24. The van der Waals surface area contributed by atoms with E-state index in [9.17, 15) is 4.79 Å². The average Bonchev–Trinajstić information content (AvgIpc) is 2.72. The Hall–Kier alpha value is -2.04. The summed E-state index contributed by atoms with van der Waals surface area (Å²) in [5, 5.41) is 0.427. The number of carbonyl (C=O) groups is 1. The molecule has 1 aliphatic rings. The SMILES string of the molecule is CCCCCOc1ccc(C(=O)N2CCOC(c3ccccc3)C2)c(Cl)c1. The first-order valence-electron chi connectivity index (χ1n) is 9.57. The molecule has 0 aromatic heterocycles. The Morgan fingerprint density at radius 1 is 1.22 bits per heavy atom. The van der Waals surface area contributed by atoms with E-state index >= 15 is 0 Å². The Labute approximate surface area is 166 Å². The maximum atomic E-state index is 13.0. The van der Waals surface area contributed by atoms with Crippen molar-refractivity contribution < 1.29 is 14.3 Å². The molecular formula is C22H26ClNO3. The van der Waals surface area contributed by atoms with Crippen molar-refractivity contribution in [1.82, 2.24) is 4.90 Å². The Balaban J connectivity index is 1.64. The molecule has 27 heavy (non-hydrogen) atoms. The molecule has 1 atom stereocenters. The quantitative estimate of drug-likeness (QED) is 0.619. The molecule has 4 nitrogen and oxygen atoms in total. The van der Waals surface area contributed by atoms with Gasteiger partial charge in [0.15, 0.2) is 0 Å². The summed E-state index contributed by atoms with van der Waals surface area (Å²) in [5.74, 6) is 0.638. The second-order valence-corrected chi connectivity index (χ2v) is 7.13. The molecule has 0 spiro atoms. The number of rotatable bonds is 7. The molecule has 2 aromatic carbocycles. The molecule has 1 saturated heterocycles. The van der Waals surface area contributed by atoms with Crippen LogP contribution in [0.4, 0.5) is 0 Å². The van der Waals surface area contributed by atoms with Gasteiger partial charge in [0.1, 0.15) is 11.9 Å². The topological polar surface area (TPSA) is 38.8 Å². The number of unbranched alkanes of at least 4 members (excludes halogenated alkanes) is 2. The smallest absolute Gasteiger partial charge is 0.255 e. The molecule has 1 unspecified atom stereocenters. The van der Waals surface area contributed by atoms with Crippen LogP contribution in [-0.4, -0.2) is 37.1 Å². The maximum absolute atomic E-state index is 13.0. The lowest BCUT2D eigenvalue weighted by Crippen LogP contribution is -2.42. The summed E-state index contributed by atoms with van der Waals surface area (Å²) in [4.78, 5) is 14.8. The summed E-state index contributed by atoms with van der Waals surface area (Å²) in [5.41, 5.74) is 1.59. The standard InChI is InChI=1S/C22H26ClNO3/c1-2-3-7-13-26-18-10-11-19(20(23)15-18)22(25)24-12-14-27-21(16-24)17-8-5-4-6-9-17/h4-6,8-11,15,21H,2-3,7,12-14,16H2,1H3. The van der Waals surface area contributed by atoms with Crippen molar-refractivity contribution in [3.05, 3.63) is 64.7 Å². The van der Waals surface area contributed by atoms with E-state index in [1.54, 1.807) is 12.1 Å². The molecule has 0 aliphatic carbocycles. The summed E-state index contributed by atoms with van der Waals surface area (Å²) in [6.45, 7) is 4.43. The third-order valence-electron chi connectivity index (χ3n) is 4.71. The molecule has 0 bridgehead atoms. The second-order valence-electron chi connectivity index (χ2n) is 6.72. The van der Waals surface area contributed by atoms with Gasteiger partial charge in [-0.25, -0.2) is 0 Å². The number of hydrogen-bond donors (Lipinski definition) is 0. The van der Waals surface area contributed by atoms with Gasteiger partial charge in [0.2, 0.25) is 0 Å².